The first-order valence-electron chi connectivity index (χ1n) is 13.7. The van der Waals surface area contributed by atoms with Crippen molar-refractivity contribution >= 4 is 35.5 Å². The van der Waals surface area contributed by atoms with E-state index in [1.165, 1.54) is 12.0 Å². The molecule has 1 spiro atoms. The van der Waals surface area contributed by atoms with Gasteiger partial charge in [0, 0.05) is 13.7 Å². The predicted octanol–water partition coefficient (Wildman–Crippen LogP) is 5.45. The zero-order valence-electron chi connectivity index (χ0n) is 24.1. The number of hydrogen-bond acceptors (Lipinski definition) is 7. The van der Waals surface area contributed by atoms with Crippen molar-refractivity contribution in [1.82, 2.24) is 10.2 Å². The molecule has 1 aromatic carbocycles. The lowest BCUT2D eigenvalue weighted by molar-refractivity contribution is -0.139. The molecule has 0 radical (unpaired) electrons. The number of amides is 2. The summed E-state index contributed by atoms with van der Waals surface area (Å²) in [6, 6.07) is 7.45. The van der Waals surface area contributed by atoms with Crippen molar-refractivity contribution in [3.05, 3.63) is 35.4 Å². The molecule has 3 rings (SSSR count). The van der Waals surface area contributed by atoms with E-state index < -0.39 is 18.2 Å². The van der Waals surface area contributed by atoms with Gasteiger partial charge in [-0.05, 0) is 53.7 Å². The molecule has 2 saturated heterocycles. The summed E-state index contributed by atoms with van der Waals surface area (Å²) in [5, 5.41) is 2.84. The molecule has 7 nitrogen and oxygen atoms in total. The van der Waals surface area contributed by atoms with Crippen molar-refractivity contribution in [1.29, 1.82) is 0 Å². The van der Waals surface area contributed by atoms with Crippen LogP contribution in [0.15, 0.2) is 24.3 Å². The average molecular weight is 567 g/mol. The highest BCUT2D eigenvalue weighted by Crippen LogP contribution is 2.50. The first-order chi connectivity index (χ1) is 17.9. The molecule has 0 aliphatic carbocycles. The Balaban J connectivity index is 1.75. The van der Waals surface area contributed by atoms with E-state index in [4.69, 9.17) is 14.2 Å². The van der Waals surface area contributed by atoms with Gasteiger partial charge in [-0.3, -0.25) is 4.79 Å². The number of likely N-dealkylation sites (tertiary alicyclic amines) is 1. The molecule has 1 unspecified atom stereocenters. The summed E-state index contributed by atoms with van der Waals surface area (Å²) in [5.41, 5.74) is 2.35. The molecular formula is C29H46N2O5S2. The molecule has 9 heteroatoms. The Kier molecular flexibility index (Phi) is 11.3. The summed E-state index contributed by atoms with van der Waals surface area (Å²) < 4.78 is 17.1. The van der Waals surface area contributed by atoms with E-state index in [1.807, 2.05) is 49.2 Å². The number of thioether (sulfide) groups is 2. The molecule has 0 saturated carbocycles. The monoisotopic (exact) mass is 566 g/mol. The maximum Gasteiger partial charge on any atom is 0.407 e. The third-order valence-corrected chi connectivity index (χ3v) is 10.3. The van der Waals surface area contributed by atoms with E-state index in [-0.39, 0.29) is 34.0 Å². The first-order valence-corrected chi connectivity index (χ1v) is 15.6. The molecule has 214 valence electrons. The Morgan fingerprint density at radius 1 is 1.13 bits per heavy atom. The van der Waals surface area contributed by atoms with Gasteiger partial charge in [0.05, 0.1) is 36.0 Å². The standard InChI is InChI=1S/C29H46N2O5S2/c1-20(2)16-36-27(33)30-25(21(3)35-17-22-9-11-23(12-10-22)28(4,5)6)26(32)31-19-29(15-24(31)18-34-7)37-13-8-14-38-29/h9-12,20-21,24-25H,8,13-19H2,1-7H3,(H,30,33)/t21-,24-,25?/m0/s1. The van der Waals surface area contributed by atoms with E-state index in [9.17, 15) is 9.59 Å². The normalized spacial score (nSPS) is 20.9. The van der Waals surface area contributed by atoms with Crippen LogP contribution in [0.25, 0.3) is 0 Å². The molecule has 38 heavy (non-hydrogen) atoms. The Hall–Kier alpha value is -1.42. The maximum atomic E-state index is 14.0. The topological polar surface area (TPSA) is 77.1 Å². The Bertz CT molecular complexity index is 913. The summed E-state index contributed by atoms with van der Waals surface area (Å²) in [5.74, 6) is 2.26. The number of carbonyl (C=O) groups excluding carboxylic acids is 2. The average Bonchev–Trinajstić information content (AvgIpc) is 3.21. The number of ether oxygens (including phenoxy) is 3. The fourth-order valence-electron chi connectivity index (χ4n) is 4.74. The van der Waals surface area contributed by atoms with Crippen LogP contribution < -0.4 is 5.32 Å². The second kappa shape index (κ2) is 13.8. The second-order valence-electron chi connectivity index (χ2n) is 11.8. The number of methoxy groups -OCH3 is 1. The van der Waals surface area contributed by atoms with Crippen molar-refractivity contribution in [2.45, 2.75) is 88.7 Å². The zero-order chi connectivity index (χ0) is 27.9. The van der Waals surface area contributed by atoms with Gasteiger partial charge in [0.25, 0.3) is 0 Å². The fraction of sp³-hybridized carbons (Fsp3) is 0.724. The number of nitrogens with zero attached hydrogens (tertiary/aromatic N) is 1. The molecule has 3 atom stereocenters. The number of hydrogen-bond donors (Lipinski definition) is 1. The summed E-state index contributed by atoms with van der Waals surface area (Å²) in [7, 11) is 1.67. The maximum absolute atomic E-state index is 14.0. The van der Waals surface area contributed by atoms with Crippen LogP contribution in [-0.4, -0.2) is 77.5 Å². The van der Waals surface area contributed by atoms with Crippen molar-refractivity contribution in [3.63, 3.8) is 0 Å². The molecule has 1 aromatic rings. The highest BCUT2D eigenvalue weighted by molar-refractivity contribution is 8.18. The third-order valence-electron chi connectivity index (χ3n) is 6.95. The summed E-state index contributed by atoms with van der Waals surface area (Å²) in [6.07, 6.45) is 0.915. The van der Waals surface area contributed by atoms with Crippen LogP contribution in [0.4, 0.5) is 4.79 Å². The molecule has 0 aromatic heterocycles. The van der Waals surface area contributed by atoms with E-state index in [0.29, 0.717) is 19.8 Å². The minimum atomic E-state index is -0.864. The van der Waals surface area contributed by atoms with Gasteiger partial charge >= 0.3 is 6.09 Å². The van der Waals surface area contributed by atoms with Gasteiger partial charge in [0.15, 0.2) is 0 Å². The van der Waals surface area contributed by atoms with Gasteiger partial charge in [0.1, 0.15) is 6.04 Å². The Morgan fingerprint density at radius 2 is 1.79 bits per heavy atom. The fourth-order valence-corrected chi connectivity index (χ4v) is 8.16. The van der Waals surface area contributed by atoms with Crippen LogP contribution in [-0.2, 0) is 31.0 Å². The van der Waals surface area contributed by atoms with Crippen LogP contribution >= 0.6 is 23.5 Å². The summed E-state index contributed by atoms with van der Waals surface area (Å²) in [4.78, 5) is 28.6. The van der Waals surface area contributed by atoms with Gasteiger partial charge in [-0.2, -0.15) is 0 Å². The largest absolute Gasteiger partial charge is 0.449 e. The molecule has 2 amide bonds. The minimum Gasteiger partial charge on any atom is -0.449 e. The molecule has 2 heterocycles. The lowest BCUT2D eigenvalue weighted by atomic mass is 9.87. The van der Waals surface area contributed by atoms with Gasteiger partial charge in [0.2, 0.25) is 5.91 Å². The molecule has 0 bridgehead atoms. The van der Waals surface area contributed by atoms with Gasteiger partial charge in [-0.1, -0.05) is 58.9 Å². The molecule has 2 fully saturated rings. The Labute approximate surface area is 237 Å². The van der Waals surface area contributed by atoms with E-state index in [2.05, 4.69) is 50.4 Å². The van der Waals surface area contributed by atoms with Crippen LogP contribution in [0.2, 0.25) is 0 Å². The van der Waals surface area contributed by atoms with Gasteiger partial charge in [-0.15, -0.1) is 23.5 Å². The second-order valence-corrected chi connectivity index (χ2v) is 15.0. The third kappa shape index (κ3) is 8.54. The smallest absolute Gasteiger partial charge is 0.407 e. The van der Waals surface area contributed by atoms with E-state index in [1.54, 1.807) is 7.11 Å². The quantitative estimate of drug-likeness (QED) is 0.403. The van der Waals surface area contributed by atoms with Crippen LogP contribution in [0.5, 0.6) is 0 Å². The predicted molar refractivity (Wildman–Crippen MR) is 157 cm³/mol. The number of benzene rings is 1. The van der Waals surface area contributed by atoms with E-state index >= 15 is 0 Å². The van der Waals surface area contributed by atoms with Gasteiger partial charge < -0.3 is 24.4 Å². The highest BCUT2D eigenvalue weighted by Gasteiger charge is 2.49. The lowest BCUT2D eigenvalue weighted by Crippen LogP contribution is -2.56. The van der Waals surface area contributed by atoms with E-state index in [0.717, 1.165) is 23.5 Å². The summed E-state index contributed by atoms with van der Waals surface area (Å²) >= 11 is 3.90. The SMILES string of the molecule is COC[C@@H]1CC2(CN1C(=O)C(NC(=O)OCC(C)C)[C@H](C)OCc1ccc(C(C)(C)C)cc1)SCCCS2. The highest BCUT2D eigenvalue weighted by atomic mass is 32.2. The number of alkyl carbamates (subject to hydrolysis) is 1. The zero-order valence-corrected chi connectivity index (χ0v) is 25.7. The number of carbonyl (C=O) groups is 2. The number of rotatable bonds is 10. The van der Waals surface area contributed by atoms with Crippen LogP contribution in [0, 0.1) is 5.92 Å². The van der Waals surface area contributed by atoms with Crippen LogP contribution in [0.1, 0.15) is 65.5 Å². The van der Waals surface area contributed by atoms with Crippen molar-refractivity contribution in [3.8, 4) is 0 Å². The summed E-state index contributed by atoms with van der Waals surface area (Å²) in [6.45, 7) is 14.1. The lowest BCUT2D eigenvalue weighted by Gasteiger charge is -2.33. The van der Waals surface area contributed by atoms with Crippen molar-refractivity contribution in [2.24, 2.45) is 5.92 Å². The minimum absolute atomic E-state index is 0.0152. The molecule has 2 aliphatic heterocycles. The number of nitrogens with one attached hydrogen (secondary N) is 1. The molecular weight excluding hydrogens is 520 g/mol. The van der Waals surface area contributed by atoms with Gasteiger partial charge in [-0.25, -0.2) is 4.79 Å². The first kappa shape index (κ1) is 31.1. The van der Waals surface area contributed by atoms with Crippen LogP contribution in [0.3, 0.4) is 0 Å². The molecule has 2 aliphatic rings. The molecule has 1 N–H and O–H groups in total. The van der Waals surface area contributed by atoms with Crippen molar-refractivity contribution in [2.75, 3.05) is 38.4 Å². The Morgan fingerprint density at radius 3 is 2.37 bits per heavy atom. The van der Waals surface area contributed by atoms with Crippen molar-refractivity contribution < 1.29 is 23.8 Å².